The van der Waals surface area contributed by atoms with Crippen LogP contribution in [0.2, 0.25) is 0 Å². The molecule has 0 heterocycles. The predicted octanol–water partition coefficient (Wildman–Crippen LogP) is 4.54. The van der Waals surface area contributed by atoms with E-state index >= 15 is 0 Å². The van der Waals surface area contributed by atoms with Crippen molar-refractivity contribution in [3.8, 4) is 11.8 Å². The first-order valence-electron chi connectivity index (χ1n) is 6.51. The van der Waals surface area contributed by atoms with Gasteiger partial charge in [0.2, 0.25) is 0 Å². The lowest BCUT2D eigenvalue weighted by atomic mass is 10.1. The molecule has 0 N–H and O–H groups in total. The van der Waals surface area contributed by atoms with Crippen molar-refractivity contribution in [1.29, 1.82) is 0 Å². The molecule has 0 spiro atoms. The highest BCUT2D eigenvalue weighted by atomic mass is 79.9. The molecule has 0 aromatic heterocycles. The molecular weight excluding hydrogens is 264 g/mol. The molecule has 0 saturated carbocycles. The van der Waals surface area contributed by atoms with Crippen LogP contribution in [0.3, 0.4) is 0 Å². The third-order valence-corrected chi connectivity index (χ3v) is 2.94. The lowest BCUT2D eigenvalue weighted by Crippen LogP contribution is -1.94. The normalized spacial score (nSPS) is 9.88. The Morgan fingerprint density at radius 2 is 1.75 bits per heavy atom. The average molecular weight is 289 g/mol. The minimum Gasteiger partial charge on any atom is -0.369 e. The fourth-order valence-corrected chi connectivity index (χ4v) is 1.77. The lowest BCUT2D eigenvalue weighted by Gasteiger charge is -1.97. The van der Waals surface area contributed by atoms with Gasteiger partial charge in [-0.2, -0.15) is 0 Å². The fraction of sp³-hybridized carbons (Fsp3) is 0.857. The minimum atomic E-state index is 0.608. The number of halogens is 1. The van der Waals surface area contributed by atoms with E-state index in [1.165, 1.54) is 38.5 Å². The molecule has 2 heteroatoms. The topological polar surface area (TPSA) is 9.23 Å². The van der Waals surface area contributed by atoms with Gasteiger partial charge in [0, 0.05) is 18.4 Å². The highest BCUT2D eigenvalue weighted by molar-refractivity contribution is 9.09. The zero-order valence-corrected chi connectivity index (χ0v) is 12.2. The van der Waals surface area contributed by atoms with Crippen LogP contribution in [-0.4, -0.2) is 18.5 Å². The molecule has 0 rings (SSSR count). The van der Waals surface area contributed by atoms with Crippen LogP contribution >= 0.6 is 15.9 Å². The van der Waals surface area contributed by atoms with Gasteiger partial charge >= 0.3 is 0 Å². The first-order valence-corrected chi connectivity index (χ1v) is 7.63. The first-order chi connectivity index (χ1) is 7.91. The molecule has 0 aliphatic carbocycles. The molecule has 0 fully saturated rings. The Morgan fingerprint density at radius 1 is 0.938 bits per heavy atom. The lowest BCUT2D eigenvalue weighted by molar-refractivity contribution is 0.164. The van der Waals surface area contributed by atoms with E-state index in [4.69, 9.17) is 4.74 Å². The summed E-state index contributed by atoms with van der Waals surface area (Å²) in [5.41, 5.74) is 0. The maximum Gasteiger partial charge on any atom is 0.107 e. The van der Waals surface area contributed by atoms with Crippen molar-refractivity contribution >= 4 is 15.9 Å². The number of alkyl halides is 1. The first kappa shape index (κ1) is 16.0. The van der Waals surface area contributed by atoms with Crippen LogP contribution in [0.4, 0.5) is 0 Å². The van der Waals surface area contributed by atoms with Gasteiger partial charge in [0.05, 0.1) is 0 Å². The summed E-state index contributed by atoms with van der Waals surface area (Å²) in [5.74, 6) is 6.24. The molecule has 0 aliphatic rings. The predicted molar refractivity (Wildman–Crippen MR) is 75.0 cm³/mol. The summed E-state index contributed by atoms with van der Waals surface area (Å²) in [6, 6.07) is 0. The smallest absolute Gasteiger partial charge is 0.107 e. The maximum atomic E-state index is 5.39. The summed E-state index contributed by atoms with van der Waals surface area (Å²) in [7, 11) is 0. The van der Waals surface area contributed by atoms with E-state index in [9.17, 15) is 0 Å². The van der Waals surface area contributed by atoms with Crippen molar-refractivity contribution in [2.24, 2.45) is 0 Å². The van der Waals surface area contributed by atoms with E-state index < -0.39 is 0 Å². The number of hydrogen-bond donors (Lipinski definition) is 0. The summed E-state index contributed by atoms with van der Waals surface area (Å²) in [5, 5.41) is 1.07. The molecule has 0 saturated heterocycles. The Bertz CT molecular complexity index is 163. The van der Waals surface area contributed by atoms with Gasteiger partial charge < -0.3 is 4.74 Å². The second kappa shape index (κ2) is 15.0. The summed E-state index contributed by atoms with van der Waals surface area (Å²) in [6.45, 7) is 3.70. The minimum absolute atomic E-state index is 0.608. The van der Waals surface area contributed by atoms with Gasteiger partial charge in [-0.15, -0.1) is 5.92 Å². The molecule has 0 radical (unpaired) electrons. The van der Waals surface area contributed by atoms with Crippen LogP contribution in [0.5, 0.6) is 0 Å². The van der Waals surface area contributed by atoms with Crippen LogP contribution in [-0.2, 0) is 4.74 Å². The van der Waals surface area contributed by atoms with E-state index in [2.05, 4.69) is 34.7 Å². The molecule has 0 bridgehead atoms. The van der Waals surface area contributed by atoms with Crippen LogP contribution in [0.25, 0.3) is 0 Å². The van der Waals surface area contributed by atoms with Crippen molar-refractivity contribution in [1.82, 2.24) is 0 Å². The molecule has 0 aliphatic heterocycles. The van der Waals surface area contributed by atoms with Gasteiger partial charge in [0.15, 0.2) is 0 Å². The van der Waals surface area contributed by atoms with Crippen molar-refractivity contribution < 1.29 is 4.74 Å². The van der Waals surface area contributed by atoms with E-state index in [-0.39, 0.29) is 0 Å². The number of ether oxygens (including phenoxy) is 1. The van der Waals surface area contributed by atoms with Crippen molar-refractivity contribution in [3.63, 3.8) is 0 Å². The van der Waals surface area contributed by atoms with Gasteiger partial charge in [-0.25, -0.2) is 0 Å². The Morgan fingerprint density at radius 3 is 2.50 bits per heavy atom. The zero-order chi connectivity index (χ0) is 11.9. The Hall–Kier alpha value is 0. The fourth-order valence-electron chi connectivity index (χ4n) is 1.38. The molecule has 0 aromatic carbocycles. The Labute approximate surface area is 109 Å². The highest BCUT2D eigenvalue weighted by Crippen LogP contribution is 2.03. The van der Waals surface area contributed by atoms with Crippen LogP contribution < -0.4 is 0 Å². The molecule has 94 valence electrons. The Balaban J connectivity index is 3.04. The van der Waals surface area contributed by atoms with E-state index in [1.807, 2.05) is 0 Å². The number of hydrogen-bond acceptors (Lipinski definition) is 1. The van der Waals surface area contributed by atoms with Crippen molar-refractivity contribution in [2.45, 2.75) is 58.3 Å². The largest absolute Gasteiger partial charge is 0.369 e. The van der Waals surface area contributed by atoms with Gasteiger partial charge in [0.25, 0.3) is 0 Å². The van der Waals surface area contributed by atoms with Gasteiger partial charge in [-0.1, -0.05) is 54.5 Å². The van der Waals surface area contributed by atoms with E-state index in [0.717, 1.165) is 24.8 Å². The van der Waals surface area contributed by atoms with Crippen molar-refractivity contribution in [3.05, 3.63) is 0 Å². The molecule has 0 atom stereocenters. The second-order valence-corrected chi connectivity index (χ2v) is 4.76. The molecule has 0 aromatic rings. The molecule has 0 unspecified atom stereocenters. The maximum absolute atomic E-state index is 5.39. The summed E-state index contributed by atoms with van der Waals surface area (Å²) >= 11 is 3.39. The SMILES string of the molecule is CCCCCCCC#CCOCCCCBr. The van der Waals surface area contributed by atoms with Crippen LogP contribution in [0.1, 0.15) is 58.3 Å². The van der Waals surface area contributed by atoms with E-state index in [0.29, 0.717) is 6.61 Å². The van der Waals surface area contributed by atoms with Crippen LogP contribution in [0, 0.1) is 11.8 Å². The summed E-state index contributed by atoms with van der Waals surface area (Å²) in [6.07, 6.45) is 9.97. The van der Waals surface area contributed by atoms with Gasteiger partial charge in [-0.3, -0.25) is 0 Å². The van der Waals surface area contributed by atoms with E-state index in [1.54, 1.807) is 0 Å². The van der Waals surface area contributed by atoms with Gasteiger partial charge in [-0.05, 0) is 19.3 Å². The third-order valence-electron chi connectivity index (χ3n) is 2.38. The average Bonchev–Trinajstić information content (AvgIpc) is 2.31. The molecule has 1 nitrogen and oxygen atoms in total. The zero-order valence-electron chi connectivity index (χ0n) is 10.6. The molecule has 16 heavy (non-hydrogen) atoms. The quantitative estimate of drug-likeness (QED) is 0.326. The van der Waals surface area contributed by atoms with Crippen LogP contribution in [0.15, 0.2) is 0 Å². The summed E-state index contributed by atoms with van der Waals surface area (Å²) in [4.78, 5) is 0. The Kier molecular flexibility index (Phi) is 15.0. The number of rotatable bonds is 10. The third kappa shape index (κ3) is 14.0. The van der Waals surface area contributed by atoms with Gasteiger partial charge in [0.1, 0.15) is 6.61 Å². The summed E-state index contributed by atoms with van der Waals surface area (Å²) < 4.78 is 5.39. The highest BCUT2D eigenvalue weighted by Gasteiger charge is 1.87. The monoisotopic (exact) mass is 288 g/mol. The number of unbranched alkanes of at least 4 members (excludes halogenated alkanes) is 6. The van der Waals surface area contributed by atoms with Crippen molar-refractivity contribution in [2.75, 3.05) is 18.5 Å². The molecule has 0 amide bonds. The second-order valence-electron chi connectivity index (χ2n) is 3.97. The standard InChI is InChI=1S/C14H25BrO/c1-2-3-4-5-6-7-8-10-13-16-14-11-9-12-15/h2-7,9,11-14H2,1H3. The molecular formula is C14H25BrO.